The average Bonchev–Trinajstić information content (AvgIpc) is 3.72. The molecule has 0 radical (unpaired) electrons. The maximum Gasteiger partial charge on any atom is 0.320 e. The molecule has 12 nitrogen and oxygen atoms in total. The molecule has 0 spiro atoms. The highest BCUT2D eigenvalue weighted by molar-refractivity contribution is 5.89. The fraction of sp³-hybridized carbons (Fsp3) is 0.424. The molecule has 12 heteroatoms. The normalized spacial score (nSPS) is 17.0. The lowest BCUT2D eigenvalue weighted by atomic mass is 9.85. The van der Waals surface area contributed by atoms with Gasteiger partial charge in [0, 0.05) is 18.5 Å². The molecule has 4 aromatic heterocycles. The lowest BCUT2D eigenvalue weighted by Gasteiger charge is -2.32. The van der Waals surface area contributed by atoms with Crippen LogP contribution < -0.4 is 15.4 Å². The minimum atomic E-state index is -0.320. The van der Waals surface area contributed by atoms with Crippen LogP contribution in [0.25, 0.3) is 11.3 Å². The summed E-state index contributed by atoms with van der Waals surface area (Å²) in [6.45, 7) is 10.5. The first-order valence-electron chi connectivity index (χ1n) is 15.3. The molecular weight excluding hydrogens is 568 g/mol. The van der Waals surface area contributed by atoms with E-state index in [9.17, 15) is 4.79 Å². The number of urea groups is 1. The molecule has 2 N–H and O–H groups in total. The zero-order chi connectivity index (χ0) is 32.1. The van der Waals surface area contributed by atoms with Crippen molar-refractivity contribution in [1.82, 2.24) is 44.4 Å². The lowest BCUT2D eigenvalue weighted by Crippen LogP contribution is -2.37. The standard InChI is InChI=1S/C33H42N10O2/c1-32(2,3)27-17-29(43(39-27)21-18-34-41(8)19-21)36-31(44)35-25-14-15-26(24-12-10-9-11-23(24)25)45-22-13-16-28-37-38-30(42(28)20-22)33(4,5)40(6)7/h9-13,16-20,25-26H,14-15H2,1-8H3,(H2,35,36,44)/t25-,26+/m0/s1. The number of amides is 2. The van der Waals surface area contributed by atoms with Crippen molar-refractivity contribution < 1.29 is 9.53 Å². The van der Waals surface area contributed by atoms with Crippen molar-refractivity contribution >= 4 is 17.5 Å². The smallest absolute Gasteiger partial charge is 0.320 e. The number of nitrogens with one attached hydrogen (secondary N) is 2. The van der Waals surface area contributed by atoms with Gasteiger partial charge in [-0.25, -0.2) is 9.48 Å². The summed E-state index contributed by atoms with van der Waals surface area (Å²) in [5, 5.41) is 24.2. The van der Waals surface area contributed by atoms with Crippen molar-refractivity contribution in [3.63, 3.8) is 0 Å². The van der Waals surface area contributed by atoms with Crippen molar-refractivity contribution in [2.45, 2.75) is 70.6 Å². The maximum atomic E-state index is 13.4. The molecule has 0 aliphatic heterocycles. The number of ether oxygens (including phenoxy) is 1. The first-order chi connectivity index (χ1) is 21.3. The Hall–Kier alpha value is -4.71. The molecule has 6 rings (SSSR count). The van der Waals surface area contributed by atoms with E-state index in [4.69, 9.17) is 9.84 Å². The zero-order valence-electron chi connectivity index (χ0n) is 27.2. The molecule has 2 atom stereocenters. The number of fused-ring (bicyclic) bond motifs is 2. The number of benzene rings is 1. The van der Waals surface area contributed by atoms with Crippen molar-refractivity contribution in [3.8, 4) is 11.4 Å². The second-order valence-corrected chi connectivity index (χ2v) is 13.5. The number of rotatable bonds is 7. The summed E-state index contributed by atoms with van der Waals surface area (Å²) in [7, 11) is 5.92. The van der Waals surface area contributed by atoms with E-state index in [2.05, 4.69) is 77.6 Å². The fourth-order valence-corrected chi connectivity index (χ4v) is 5.61. The molecule has 5 aromatic rings. The SMILES string of the molecule is CN(C)C(C)(C)c1nnc2ccc(O[C@@H]3CC[C@H](NC(=O)Nc4cc(C(C)(C)C)nn4-c4cnn(C)c4)c4ccccc43)cn12. The molecule has 45 heavy (non-hydrogen) atoms. The third kappa shape index (κ3) is 5.89. The van der Waals surface area contributed by atoms with Crippen molar-refractivity contribution in [3.05, 3.63) is 83.7 Å². The van der Waals surface area contributed by atoms with Gasteiger partial charge in [0.15, 0.2) is 11.5 Å². The Morgan fingerprint density at radius 1 is 1.00 bits per heavy atom. The maximum absolute atomic E-state index is 13.4. The number of carbonyl (C=O) groups is 1. The first-order valence-corrected chi connectivity index (χ1v) is 15.3. The third-order valence-corrected chi connectivity index (χ3v) is 8.72. The van der Waals surface area contributed by atoms with E-state index in [0.717, 1.165) is 52.6 Å². The second-order valence-electron chi connectivity index (χ2n) is 13.5. The molecule has 0 fully saturated rings. The van der Waals surface area contributed by atoms with Gasteiger partial charge in [-0.1, -0.05) is 45.0 Å². The number of aromatic nitrogens is 7. The van der Waals surface area contributed by atoms with Gasteiger partial charge >= 0.3 is 6.03 Å². The third-order valence-electron chi connectivity index (χ3n) is 8.72. The molecule has 1 aliphatic rings. The van der Waals surface area contributed by atoms with Crippen LogP contribution in [-0.4, -0.2) is 59.2 Å². The van der Waals surface area contributed by atoms with E-state index in [1.165, 1.54) is 0 Å². The molecule has 0 unspecified atom stereocenters. The summed E-state index contributed by atoms with van der Waals surface area (Å²) < 4.78 is 12.0. The summed E-state index contributed by atoms with van der Waals surface area (Å²) in [5.74, 6) is 2.16. The average molecular weight is 611 g/mol. The van der Waals surface area contributed by atoms with Gasteiger partial charge in [0.25, 0.3) is 0 Å². The number of pyridine rings is 1. The van der Waals surface area contributed by atoms with E-state index in [1.54, 1.807) is 15.6 Å². The van der Waals surface area contributed by atoms with Crippen LogP contribution in [0.4, 0.5) is 10.6 Å². The van der Waals surface area contributed by atoms with Crippen molar-refractivity contribution in [2.75, 3.05) is 19.4 Å². The fourth-order valence-electron chi connectivity index (χ4n) is 5.61. The minimum absolute atomic E-state index is 0.164. The molecule has 236 valence electrons. The zero-order valence-corrected chi connectivity index (χ0v) is 27.2. The van der Waals surface area contributed by atoms with Gasteiger partial charge in [-0.15, -0.1) is 10.2 Å². The number of aryl methyl sites for hydroxylation is 1. The van der Waals surface area contributed by atoms with E-state index < -0.39 is 0 Å². The lowest BCUT2D eigenvalue weighted by molar-refractivity contribution is 0.170. The summed E-state index contributed by atoms with van der Waals surface area (Å²) in [4.78, 5) is 15.6. The molecule has 2 amide bonds. The molecule has 1 aromatic carbocycles. The van der Waals surface area contributed by atoms with Gasteiger partial charge in [-0.2, -0.15) is 10.2 Å². The summed E-state index contributed by atoms with van der Waals surface area (Å²) in [6, 6.07) is 13.5. The Morgan fingerprint density at radius 2 is 1.76 bits per heavy atom. The highest BCUT2D eigenvalue weighted by Crippen LogP contribution is 2.39. The quantitative estimate of drug-likeness (QED) is 0.249. The van der Waals surface area contributed by atoms with Gasteiger partial charge in [0.05, 0.1) is 35.9 Å². The van der Waals surface area contributed by atoms with Crippen LogP contribution in [-0.2, 0) is 18.0 Å². The van der Waals surface area contributed by atoms with E-state index in [1.807, 2.05) is 68.3 Å². The van der Waals surface area contributed by atoms with Crippen LogP contribution >= 0.6 is 0 Å². The largest absolute Gasteiger partial charge is 0.484 e. The van der Waals surface area contributed by atoms with Crippen LogP contribution in [0.3, 0.4) is 0 Å². The first kappa shape index (κ1) is 30.3. The van der Waals surface area contributed by atoms with Crippen LogP contribution in [0.1, 0.15) is 82.3 Å². The highest BCUT2D eigenvalue weighted by atomic mass is 16.5. The Kier molecular flexibility index (Phi) is 7.64. The topological polar surface area (TPSA) is 119 Å². The van der Waals surface area contributed by atoms with Gasteiger partial charge in [-0.05, 0) is 64.0 Å². The minimum Gasteiger partial charge on any atom is -0.484 e. The Labute approximate surface area is 263 Å². The van der Waals surface area contributed by atoms with E-state index in [-0.39, 0.29) is 29.1 Å². The number of carbonyl (C=O) groups excluding carboxylic acids is 1. The van der Waals surface area contributed by atoms with Crippen molar-refractivity contribution in [1.29, 1.82) is 0 Å². The van der Waals surface area contributed by atoms with Gasteiger partial charge in [-0.3, -0.25) is 19.3 Å². The summed E-state index contributed by atoms with van der Waals surface area (Å²) >= 11 is 0. The van der Waals surface area contributed by atoms with E-state index in [0.29, 0.717) is 5.82 Å². The van der Waals surface area contributed by atoms with E-state index >= 15 is 0 Å². The molecule has 1 aliphatic carbocycles. The predicted molar refractivity (Wildman–Crippen MR) is 173 cm³/mol. The monoisotopic (exact) mass is 610 g/mol. The Morgan fingerprint density at radius 3 is 2.44 bits per heavy atom. The number of nitrogens with zero attached hydrogens (tertiary/aromatic N) is 8. The summed E-state index contributed by atoms with van der Waals surface area (Å²) in [5.41, 5.74) is 3.99. The molecule has 0 bridgehead atoms. The molecule has 4 heterocycles. The number of hydrogen-bond donors (Lipinski definition) is 2. The van der Waals surface area contributed by atoms with Gasteiger partial charge in [0.1, 0.15) is 23.4 Å². The van der Waals surface area contributed by atoms with Gasteiger partial charge in [0.2, 0.25) is 0 Å². The van der Waals surface area contributed by atoms with Crippen LogP contribution in [0.15, 0.2) is 61.1 Å². The van der Waals surface area contributed by atoms with Crippen LogP contribution in [0, 0.1) is 0 Å². The Balaban J connectivity index is 1.21. The van der Waals surface area contributed by atoms with Crippen LogP contribution in [0.2, 0.25) is 0 Å². The highest BCUT2D eigenvalue weighted by Gasteiger charge is 2.32. The van der Waals surface area contributed by atoms with Crippen LogP contribution in [0.5, 0.6) is 5.75 Å². The second kappa shape index (κ2) is 11.3. The number of anilines is 1. The Bertz CT molecular complexity index is 1840. The van der Waals surface area contributed by atoms with Crippen molar-refractivity contribution in [2.24, 2.45) is 7.05 Å². The molecular formula is C33H42N10O2. The van der Waals surface area contributed by atoms with Gasteiger partial charge < -0.3 is 10.1 Å². The summed E-state index contributed by atoms with van der Waals surface area (Å²) in [6.07, 6.45) is 6.85. The molecule has 0 saturated heterocycles. The predicted octanol–water partition coefficient (Wildman–Crippen LogP) is 5.52. The number of hydrogen-bond acceptors (Lipinski definition) is 7. The molecule has 0 saturated carbocycles.